The third-order valence-corrected chi connectivity index (χ3v) is 4.16. The van der Waals surface area contributed by atoms with E-state index in [0.29, 0.717) is 33.4 Å². The summed E-state index contributed by atoms with van der Waals surface area (Å²) in [6, 6.07) is 2.08. The van der Waals surface area contributed by atoms with Gasteiger partial charge in [-0.2, -0.15) is 0 Å². The molecule has 8 heteroatoms. The van der Waals surface area contributed by atoms with Crippen LogP contribution in [-0.2, 0) is 9.53 Å². The van der Waals surface area contributed by atoms with Gasteiger partial charge in [-0.15, -0.1) is 0 Å². The Balaban J connectivity index is 2.71. The van der Waals surface area contributed by atoms with Crippen molar-refractivity contribution in [1.82, 2.24) is 10.2 Å². The van der Waals surface area contributed by atoms with E-state index in [0.717, 1.165) is 0 Å². The Labute approximate surface area is 145 Å². The predicted molar refractivity (Wildman–Crippen MR) is 88.3 cm³/mol. The molecule has 1 aromatic rings. The highest BCUT2D eigenvalue weighted by molar-refractivity contribution is 6.30. The predicted octanol–water partition coefficient (Wildman–Crippen LogP) is 2.50. The van der Waals surface area contributed by atoms with Gasteiger partial charge in [0.15, 0.2) is 11.5 Å². The van der Waals surface area contributed by atoms with Gasteiger partial charge in [-0.3, -0.25) is 0 Å². The van der Waals surface area contributed by atoms with E-state index in [9.17, 15) is 9.59 Å². The summed E-state index contributed by atoms with van der Waals surface area (Å²) in [6.45, 7) is 1.67. The minimum atomic E-state index is -0.774. The molecule has 1 atom stereocenters. The van der Waals surface area contributed by atoms with E-state index in [1.165, 1.54) is 26.2 Å². The fourth-order valence-electron chi connectivity index (χ4n) is 2.62. The molecule has 0 spiro atoms. The zero-order chi connectivity index (χ0) is 18.0. The van der Waals surface area contributed by atoms with Gasteiger partial charge in [0.05, 0.1) is 32.9 Å². The van der Waals surface area contributed by atoms with Gasteiger partial charge in [0.2, 0.25) is 0 Å². The van der Waals surface area contributed by atoms with Gasteiger partial charge in [0.25, 0.3) is 0 Å². The Hall–Kier alpha value is -2.41. The Kier molecular flexibility index (Phi) is 5.23. The number of ether oxygens (including phenoxy) is 3. The number of nitrogens with one attached hydrogen (secondary N) is 1. The van der Waals surface area contributed by atoms with Crippen molar-refractivity contribution < 1.29 is 23.8 Å². The number of urea groups is 1. The van der Waals surface area contributed by atoms with Crippen molar-refractivity contribution in [2.45, 2.75) is 13.0 Å². The van der Waals surface area contributed by atoms with Crippen LogP contribution in [0.5, 0.6) is 11.5 Å². The lowest BCUT2D eigenvalue weighted by Crippen LogP contribution is -2.46. The van der Waals surface area contributed by atoms with E-state index in [1.54, 1.807) is 26.1 Å². The summed E-state index contributed by atoms with van der Waals surface area (Å²) in [6.07, 6.45) is 0. The first-order valence-corrected chi connectivity index (χ1v) is 7.48. The van der Waals surface area contributed by atoms with Gasteiger partial charge in [-0.1, -0.05) is 11.6 Å². The van der Waals surface area contributed by atoms with Crippen LogP contribution in [-0.4, -0.2) is 45.3 Å². The molecule has 1 unspecified atom stereocenters. The molecule has 1 aliphatic heterocycles. The van der Waals surface area contributed by atoms with Gasteiger partial charge in [-0.25, -0.2) is 9.59 Å². The first kappa shape index (κ1) is 17.9. The molecular weight excluding hydrogens is 336 g/mol. The van der Waals surface area contributed by atoms with E-state index < -0.39 is 12.0 Å². The number of benzene rings is 1. The summed E-state index contributed by atoms with van der Waals surface area (Å²) in [5.74, 6) is 0.228. The minimum Gasteiger partial charge on any atom is -0.493 e. The standard InChI is InChI=1S/C16H19ClN2O5/c1-8-12(15(20)24-5)13(18-16(21)19(8)2)10-6-9(17)7-11(22-3)14(10)23-4/h6-7,13H,1-5H3,(H,18,21). The number of allylic oxidation sites excluding steroid dienone is 1. The summed E-state index contributed by atoms with van der Waals surface area (Å²) < 4.78 is 15.6. The summed E-state index contributed by atoms with van der Waals surface area (Å²) in [7, 11) is 5.80. The van der Waals surface area contributed by atoms with Crippen molar-refractivity contribution in [3.05, 3.63) is 34.0 Å². The minimum absolute atomic E-state index is 0.294. The lowest BCUT2D eigenvalue weighted by Gasteiger charge is -2.33. The van der Waals surface area contributed by atoms with Crippen LogP contribution in [0.2, 0.25) is 5.02 Å². The number of nitrogens with zero attached hydrogens (tertiary/aromatic N) is 1. The molecule has 1 heterocycles. The molecule has 130 valence electrons. The number of halogens is 1. The maximum Gasteiger partial charge on any atom is 0.337 e. The average Bonchev–Trinajstić information content (AvgIpc) is 2.57. The first-order valence-electron chi connectivity index (χ1n) is 7.10. The van der Waals surface area contributed by atoms with Crippen molar-refractivity contribution in [3.8, 4) is 11.5 Å². The molecule has 7 nitrogen and oxygen atoms in total. The quantitative estimate of drug-likeness (QED) is 0.841. The van der Waals surface area contributed by atoms with E-state index >= 15 is 0 Å². The summed E-state index contributed by atoms with van der Waals surface area (Å²) in [5, 5.41) is 3.15. The molecule has 0 bridgehead atoms. The SMILES string of the molecule is COC(=O)C1=C(C)N(C)C(=O)NC1c1cc(Cl)cc(OC)c1OC. The molecule has 2 amide bonds. The van der Waals surface area contributed by atoms with E-state index in [4.69, 9.17) is 25.8 Å². The highest BCUT2D eigenvalue weighted by atomic mass is 35.5. The third-order valence-electron chi connectivity index (χ3n) is 3.94. The summed E-state index contributed by atoms with van der Waals surface area (Å²) >= 11 is 6.15. The lowest BCUT2D eigenvalue weighted by molar-refractivity contribution is -0.136. The molecule has 24 heavy (non-hydrogen) atoms. The van der Waals surface area contributed by atoms with Gasteiger partial charge in [-0.05, 0) is 13.0 Å². The molecule has 2 rings (SSSR count). The number of methoxy groups -OCH3 is 3. The molecule has 1 aromatic carbocycles. The van der Waals surface area contributed by atoms with Crippen LogP contribution in [0, 0.1) is 0 Å². The third kappa shape index (κ3) is 2.99. The normalized spacial score (nSPS) is 17.5. The number of hydrogen-bond donors (Lipinski definition) is 1. The fourth-order valence-corrected chi connectivity index (χ4v) is 2.83. The topological polar surface area (TPSA) is 77.1 Å². The number of carbonyl (C=O) groups is 2. The maximum atomic E-state index is 12.3. The molecular formula is C16H19ClN2O5. The maximum absolute atomic E-state index is 12.3. The van der Waals surface area contributed by atoms with Crippen LogP contribution in [0.15, 0.2) is 23.4 Å². The number of carbonyl (C=O) groups excluding carboxylic acids is 2. The van der Waals surface area contributed by atoms with E-state index in [1.807, 2.05) is 0 Å². The highest BCUT2D eigenvalue weighted by Crippen LogP contribution is 2.42. The zero-order valence-corrected chi connectivity index (χ0v) is 14.9. The second-order valence-electron chi connectivity index (χ2n) is 5.16. The Morgan fingerprint density at radius 3 is 2.46 bits per heavy atom. The first-order chi connectivity index (χ1) is 11.3. The van der Waals surface area contributed by atoms with Crippen molar-refractivity contribution in [3.63, 3.8) is 0 Å². The lowest BCUT2D eigenvalue weighted by atomic mass is 9.94. The van der Waals surface area contributed by atoms with Gasteiger partial charge >= 0.3 is 12.0 Å². The number of amides is 2. The Morgan fingerprint density at radius 1 is 1.25 bits per heavy atom. The second-order valence-corrected chi connectivity index (χ2v) is 5.60. The summed E-state index contributed by atoms with van der Waals surface area (Å²) in [4.78, 5) is 25.8. The molecule has 0 aromatic heterocycles. The largest absolute Gasteiger partial charge is 0.493 e. The molecule has 0 fully saturated rings. The summed E-state index contributed by atoms with van der Waals surface area (Å²) in [5.41, 5.74) is 1.28. The Morgan fingerprint density at radius 2 is 1.92 bits per heavy atom. The van der Waals surface area contributed by atoms with Gasteiger partial charge in [0.1, 0.15) is 0 Å². The highest BCUT2D eigenvalue weighted by Gasteiger charge is 2.37. The molecule has 0 saturated heterocycles. The van der Waals surface area contributed by atoms with Crippen LogP contribution in [0.1, 0.15) is 18.5 Å². The van der Waals surface area contributed by atoms with Crippen LogP contribution < -0.4 is 14.8 Å². The molecule has 1 N–H and O–H groups in total. The molecule has 0 saturated carbocycles. The number of esters is 1. The number of hydrogen-bond acceptors (Lipinski definition) is 5. The van der Waals surface area contributed by atoms with Crippen molar-refractivity contribution in [1.29, 1.82) is 0 Å². The van der Waals surface area contributed by atoms with Crippen LogP contribution >= 0.6 is 11.6 Å². The van der Waals surface area contributed by atoms with E-state index in [2.05, 4.69) is 5.32 Å². The fraction of sp³-hybridized carbons (Fsp3) is 0.375. The molecule has 1 aliphatic rings. The van der Waals surface area contributed by atoms with Crippen molar-refractivity contribution in [2.24, 2.45) is 0 Å². The van der Waals surface area contributed by atoms with Crippen molar-refractivity contribution in [2.75, 3.05) is 28.4 Å². The van der Waals surface area contributed by atoms with Gasteiger partial charge < -0.3 is 24.4 Å². The smallest absolute Gasteiger partial charge is 0.337 e. The Bertz CT molecular complexity index is 717. The van der Waals surface area contributed by atoms with Crippen molar-refractivity contribution >= 4 is 23.6 Å². The number of rotatable bonds is 4. The van der Waals surface area contributed by atoms with Crippen LogP contribution in [0.25, 0.3) is 0 Å². The molecule has 0 radical (unpaired) electrons. The average molecular weight is 355 g/mol. The van der Waals surface area contributed by atoms with Gasteiger partial charge in [0, 0.05) is 29.4 Å². The van der Waals surface area contributed by atoms with E-state index in [-0.39, 0.29) is 6.03 Å². The van der Waals surface area contributed by atoms with Crippen LogP contribution in [0.3, 0.4) is 0 Å². The molecule has 0 aliphatic carbocycles. The zero-order valence-electron chi connectivity index (χ0n) is 14.1. The monoisotopic (exact) mass is 354 g/mol. The second kappa shape index (κ2) is 7.00. The van der Waals surface area contributed by atoms with Crippen LogP contribution in [0.4, 0.5) is 4.79 Å².